The number of fused-ring (bicyclic) bond motifs is 1. The zero-order valence-electron chi connectivity index (χ0n) is 20.4. The number of amides is 1. The van der Waals surface area contributed by atoms with E-state index in [1.54, 1.807) is 23.3 Å². The third-order valence-corrected chi connectivity index (χ3v) is 7.42. The first-order valence-electron chi connectivity index (χ1n) is 12.3. The summed E-state index contributed by atoms with van der Waals surface area (Å²) in [4.78, 5) is 25.9. The Morgan fingerprint density at radius 1 is 1.08 bits per heavy atom. The van der Waals surface area contributed by atoms with Gasteiger partial charge in [-0.05, 0) is 42.2 Å². The number of nitrogens with zero attached hydrogens (tertiary/aromatic N) is 4. The van der Waals surface area contributed by atoms with Crippen LogP contribution < -0.4 is 0 Å². The van der Waals surface area contributed by atoms with Gasteiger partial charge in [0.1, 0.15) is 0 Å². The molecule has 1 aliphatic heterocycles. The third-order valence-electron chi connectivity index (χ3n) is 6.79. The van der Waals surface area contributed by atoms with Crippen LogP contribution in [0.5, 0.6) is 0 Å². The molecule has 1 fully saturated rings. The SMILES string of the molecule is CN(CCO)[14C](=O)c1ccc(C(=C2CCN(Cc3cscn3)CC2)c2cccc3cccnc23)cc1. The zero-order chi connectivity index (χ0) is 24.9. The fraction of sp³-hybridized carbons (Fsp3) is 0.276. The Labute approximate surface area is 215 Å². The van der Waals surface area contributed by atoms with Crippen molar-refractivity contribution < 1.29 is 9.90 Å². The van der Waals surface area contributed by atoms with E-state index < -0.39 is 0 Å². The monoisotopic (exact) mass is 500 g/mol. The van der Waals surface area contributed by atoms with Gasteiger partial charge < -0.3 is 10.0 Å². The van der Waals surface area contributed by atoms with Gasteiger partial charge in [-0.2, -0.15) is 0 Å². The van der Waals surface area contributed by atoms with Gasteiger partial charge >= 0.3 is 0 Å². The molecule has 5 rings (SSSR count). The minimum atomic E-state index is -0.0908. The van der Waals surface area contributed by atoms with Crippen LogP contribution >= 0.6 is 11.3 Å². The number of likely N-dealkylation sites (N-methyl/N-ethyl adjacent to an activating group) is 1. The molecule has 3 heterocycles. The molecular formula is C29H30N4O2S. The summed E-state index contributed by atoms with van der Waals surface area (Å²) in [5.74, 6) is -0.0908. The predicted molar refractivity (Wildman–Crippen MR) is 145 cm³/mol. The van der Waals surface area contributed by atoms with E-state index >= 15 is 0 Å². The van der Waals surface area contributed by atoms with E-state index in [-0.39, 0.29) is 12.5 Å². The number of pyridine rings is 1. The van der Waals surface area contributed by atoms with E-state index in [0.29, 0.717) is 12.1 Å². The Bertz CT molecular complexity index is 1350. The molecule has 0 aliphatic carbocycles. The van der Waals surface area contributed by atoms with Crippen molar-refractivity contribution in [1.29, 1.82) is 0 Å². The number of rotatable bonds is 7. The van der Waals surface area contributed by atoms with Gasteiger partial charge in [-0.1, -0.05) is 42.0 Å². The van der Waals surface area contributed by atoms with Crippen molar-refractivity contribution in [1.82, 2.24) is 19.8 Å². The van der Waals surface area contributed by atoms with Crippen LogP contribution in [0.25, 0.3) is 16.5 Å². The van der Waals surface area contributed by atoms with Crippen molar-refractivity contribution in [3.8, 4) is 0 Å². The zero-order valence-corrected chi connectivity index (χ0v) is 21.2. The summed E-state index contributed by atoms with van der Waals surface area (Å²) in [7, 11) is 1.71. The Morgan fingerprint density at radius 2 is 1.86 bits per heavy atom. The third kappa shape index (κ3) is 5.23. The van der Waals surface area contributed by atoms with Crippen LogP contribution in [0.3, 0.4) is 0 Å². The summed E-state index contributed by atoms with van der Waals surface area (Å²) < 4.78 is 0. The summed E-state index contributed by atoms with van der Waals surface area (Å²) in [5, 5.41) is 12.4. The van der Waals surface area contributed by atoms with Crippen LogP contribution in [0, 0.1) is 0 Å². The molecule has 6 nitrogen and oxygen atoms in total. The van der Waals surface area contributed by atoms with Gasteiger partial charge in [-0.15, -0.1) is 11.3 Å². The fourth-order valence-electron chi connectivity index (χ4n) is 4.88. The average Bonchev–Trinajstić information content (AvgIpc) is 3.43. The molecule has 2 aromatic heterocycles. The van der Waals surface area contributed by atoms with Gasteiger partial charge in [-0.3, -0.25) is 14.7 Å². The van der Waals surface area contributed by atoms with E-state index in [2.05, 4.69) is 39.5 Å². The highest BCUT2D eigenvalue weighted by atomic mass is 32.1. The summed E-state index contributed by atoms with van der Waals surface area (Å²) in [5.41, 5.74) is 9.51. The lowest BCUT2D eigenvalue weighted by atomic mass is 9.87. The van der Waals surface area contributed by atoms with Crippen LogP contribution in [-0.4, -0.2) is 64.1 Å². The maximum atomic E-state index is 12.7. The van der Waals surface area contributed by atoms with Crippen molar-refractivity contribution in [2.75, 3.05) is 33.3 Å². The van der Waals surface area contributed by atoms with Crippen molar-refractivity contribution in [2.24, 2.45) is 0 Å². The molecule has 0 unspecified atom stereocenters. The van der Waals surface area contributed by atoms with Crippen molar-refractivity contribution in [3.05, 3.63) is 99.6 Å². The number of aromatic nitrogens is 2. The quantitative estimate of drug-likeness (QED) is 0.393. The smallest absolute Gasteiger partial charge is 0.253 e. The number of hydrogen-bond acceptors (Lipinski definition) is 6. The first kappa shape index (κ1) is 24.3. The number of carbonyl (C=O) groups is 1. The number of benzene rings is 2. The average molecular weight is 501 g/mol. The highest BCUT2D eigenvalue weighted by molar-refractivity contribution is 7.07. The summed E-state index contributed by atoms with van der Waals surface area (Å²) in [6, 6.07) is 18.3. The summed E-state index contributed by atoms with van der Waals surface area (Å²) in [6.45, 7) is 3.12. The predicted octanol–water partition coefficient (Wildman–Crippen LogP) is 4.85. The normalized spacial score (nSPS) is 14.2. The maximum Gasteiger partial charge on any atom is 0.253 e. The van der Waals surface area contributed by atoms with Crippen LogP contribution in [0.2, 0.25) is 0 Å². The Balaban J connectivity index is 1.50. The minimum absolute atomic E-state index is 0.0514. The molecule has 1 amide bonds. The van der Waals surface area contributed by atoms with Gasteiger partial charge in [0.15, 0.2) is 0 Å². The van der Waals surface area contributed by atoms with Crippen LogP contribution in [0.4, 0.5) is 0 Å². The highest BCUT2D eigenvalue weighted by Crippen LogP contribution is 2.35. The number of likely N-dealkylation sites (tertiary alicyclic amines) is 1. The molecule has 184 valence electrons. The lowest BCUT2D eigenvalue weighted by Crippen LogP contribution is -2.30. The molecule has 0 spiro atoms. The molecule has 0 radical (unpaired) electrons. The Hall–Kier alpha value is -3.39. The van der Waals surface area contributed by atoms with Crippen LogP contribution in [-0.2, 0) is 6.54 Å². The van der Waals surface area contributed by atoms with Crippen LogP contribution in [0.1, 0.15) is 40.0 Å². The maximum absolute atomic E-state index is 12.7. The first-order chi connectivity index (χ1) is 17.6. The highest BCUT2D eigenvalue weighted by Gasteiger charge is 2.21. The van der Waals surface area contributed by atoms with Crippen molar-refractivity contribution >= 4 is 33.7 Å². The molecule has 1 aliphatic rings. The van der Waals surface area contributed by atoms with E-state index in [1.165, 1.54) is 11.1 Å². The first-order valence-corrected chi connectivity index (χ1v) is 13.2. The summed E-state index contributed by atoms with van der Waals surface area (Å²) >= 11 is 1.64. The number of aliphatic hydroxyl groups excluding tert-OH is 1. The largest absolute Gasteiger partial charge is 0.395 e. The molecule has 1 saturated heterocycles. The summed E-state index contributed by atoms with van der Waals surface area (Å²) in [6.07, 6.45) is 3.80. The minimum Gasteiger partial charge on any atom is -0.395 e. The molecule has 0 saturated carbocycles. The Morgan fingerprint density at radius 3 is 2.58 bits per heavy atom. The number of carbonyl (C=O) groups excluding carboxylic acids is 1. The molecule has 2 aromatic carbocycles. The van der Waals surface area contributed by atoms with E-state index in [9.17, 15) is 9.90 Å². The lowest BCUT2D eigenvalue weighted by Gasteiger charge is -2.30. The molecule has 0 atom stereocenters. The van der Waals surface area contributed by atoms with Crippen molar-refractivity contribution in [3.63, 3.8) is 0 Å². The van der Waals surface area contributed by atoms with Crippen LogP contribution in [0.15, 0.2) is 77.3 Å². The van der Waals surface area contributed by atoms with Gasteiger partial charge in [-0.25, -0.2) is 4.98 Å². The number of aliphatic hydroxyl groups is 1. The topological polar surface area (TPSA) is 69.6 Å². The molecule has 4 aromatic rings. The van der Waals surface area contributed by atoms with Gasteiger partial charge in [0.05, 0.1) is 23.3 Å². The molecule has 0 bridgehead atoms. The fourth-order valence-corrected chi connectivity index (χ4v) is 5.43. The van der Waals surface area contributed by atoms with Crippen molar-refractivity contribution in [2.45, 2.75) is 19.4 Å². The molecule has 36 heavy (non-hydrogen) atoms. The second-order valence-electron chi connectivity index (χ2n) is 9.14. The van der Waals surface area contributed by atoms with E-state index in [4.69, 9.17) is 4.98 Å². The molecular weight excluding hydrogens is 470 g/mol. The second-order valence-corrected chi connectivity index (χ2v) is 9.86. The number of piperidine rings is 1. The van der Waals surface area contributed by atoms with E-state index in [1.807, 2.05) is 42.0 Å². The number of hydrogen-bond donors (Lipinski definition) is 1. The van der Waals surface area contributed by atoms with Gasteiger partial charge in [0, 0.05) is 61.3 Å². The lowest BCUT2D eigenvalue weighted by molar-refractivity contribution is 0.0767. The second kappa shape index (κ2) is 11.1. The molecule has 7 heteroatoms. The van der Waals surface area contributed by atoms with Gasteiger partial charge in [0.25, 0.3) is 5.91 Å². The standard InChI is InChI=1S/C29H30N4O2S/c1-32(16-17-34)29(35)24-9-7-21(8-10-24)27(26-6-2-4-23-5-3-13-30-28(23)26)22-11-14-33(15-12-22)18-25-19-36-20-31-25/h2-10,13,19-20,34H,11-12,14-18H2,1H3/i29+2. The number of thiazole rings is 1. The Kier molecular flexibility index (Phi) is 7.51. The molecule has 1 N–H and O–H groups in total. The van der Waals surface area contributed by atoms with E-state index in [0.717, 1.165) is 60.2 Å². The van der Waals surface area contributed by atoms with Gasteiger partial charge in [0.2, 0.25) is 0 Å². The number of para-hydroxylation sites is 1.